The standard InChI is InChI=1S/C15H23NO3S2/c1-3-8-16-15-13-7-5-4-6-12(13)11-14(15)20(17)9-10-21(2,18)19/h4-7,14-16H,3,8-11H2,1-2H3. The van der Waals surface area contributed by atoms with E-state index in [1.807, 2.05) is 12.1 Å². The summed E-state index contributed by atoms with van der Waals surface area (Å²) in [5.74, 6) is 0.217. The minimum Gasteiger partial charge on any atom is -0.309 e. The van der Waals surface area contributed by atoms with Crippen molar-refractivity contribution < 1.29 is 12.6 Å². The lowest BCUT2D eigenvalue weighted by Crippen LogP contribution is -2.34. The molecule has 0 heterocycles. The van der Waals surface area contributed by atoms with Crippen molar-refractivity contribution in [2.45, 2.75) is 31.1 Å². The summed E-state index contributed by atoms with van der Waals surface area (Å²) in [6.07, 6.45) is 2.97. The lowest BCUT2D eigenvalue weighted by molar-refractivity contribution is 0.528. The van der Waals surface area contributed by atoms with Crippen LogP contribution < -0.4 is 5.32 Å². The average Bonchev–Trinajstić information content (AvgIpc) is 2.80. The van der Waals surface area contributed by atoms with E-state index in [1.165, 1.54) is 17.4 Å². The molecule has 21 heavy (non-hydrogen) atoms. The van der Waals surface area contributed by atoms with Gasteiger partial charge in [0.25, 0.3) is 0 Å². The molecule has 1 aromatic carbocycles. The highest BCUT2D eigenvalue weighted by Crippen LogP contribution is 2.34. The smallest absolute Gasteiger partial charge is 0.148 e. The van der Waals surface area contributed by atoms with Gasteiger partial charge in [-0.2, -0.15) is 0 Å². The number of nitrogens with one attached hydrogen (secondary N) is 1. The molecule has 1 aromatic rings. The van der Waals surface area contributed by atoms with Crippen LogP contribution in [0.25, 0.3) is 0 Å². The van der Waals surface area contributed by atoms with Crippen LogP contribution in [0.3, 0.4) is 0 Å². The van der Waals surface area contributed by atoms with E-state index in [9.17, 15) is 12.6 Å². The fourth-order valence-corrected chi connectivity index (χ4v) is 5.81. The Morgan fingerprint density at radius 2 is 2.05 bits per heavy atom. The molecule has 4 nitrogen and oxygen atoms in total. The van der Waals surface area contributed by atoms with E-state index in [0.717, 1.165) is 19.4 Å². The molecule has 0 amide bonds. The number of rotatable bonds is 7. The molecule has 0 bridgehead atoms. The fourth-order valence-electron chi connectivity index (χ4n) is 2.73. The second kappa shape index (κ2) is 7.03. The molecule has 0 saturated heterocycles. The highest BCUT2D eigenvalue weighted by Gasteiger charge is 2.35. The van der Waals surface area contributed by atoms with E-state index >= 15 is 0 Å². The maximum Gasteiger partial charge on any atom is 0.148 e. The third-order valence-corrected chi connectivity index (χ3v) is 6.72. The highest BCUT2D eigenvalue weighted by molar-refractivity contribution is 7.92. The van der Waals surface area contributed by atoms with E-state index in [-0.39, 0.29) is 22.8 Å². The van der Waals surface area contributed by atoms with Gasteiger partial charge in [-0.15, -0.1) is 0 Å². The van der Waals surface area contributed by atoms with Gasteiger partial charge in [0.1, 0.15) is 9.84 Å². The number of benzene rings is 1. The number of hydrogen-bond donors (Lipinski definition) is 1. The molecule has 0 aliphatic heterocycles. The summed E-state index contributed by atoms with van der Waals surface area (Å²) >= 11 is 0. The van der Waals surface area contributed by atoms with Crippen molar-refractivity contribution >= 4 is 20.6 Å². The minimum atomic E-state index is -3.06. The summed E-state index contributed by atoms with van der Waals surface area (Å²) in [6, 6.07) is 8.22. The molecule has 1 aliphatic rings. The largest absolute Gasteiger partial charge is 0.309 e. The summed E-state index contributed by atoms with van der Waals surface area (Å²) in [5, 5.41) is 3.44. The highest BCUT2D eigenvalue weighted by atomic mass is 32.2. The Labute approximate surface area is 129 Å². The molecule has 6 heteroatoms. The van der Waals surface area contributed by atoms with Gasteiger partial charge in [-0.1, -0.05) is 31.2 Å². The minimum absolute atomic E-state index is 0.00699. The zero-order valence-corrected chi connectivity index (χ0v) is 14.2. The van der Waals surface area contributed by atoms with Crippen LogP contribution in [0.5, 0.6) is 0 Å². The average molecular weight is 329 g/mol. The van der Waals surface area contributed by atoms with Gasteiger partial charge in [0.2, 0.25) is 0 Å². The first-order valence-corrected chi connectivity index (χ1v) is 10.7. The zero-order valence-electron chi connectivity index (χ0n) is 12.5. The van der Waals surface area contributed by atoms with Gasteiger partial charge in [0, 0.05) is 28.9 Å². The molecule has 0 fully saturated rings. The quantitative estimate of drug-likeness (QED) is 0.822. The number of fused-ring (bicyclic) bond motifs is 1. The first-order valence-electron chi connectivity index (χ1n) is 7.28. The maximum absolute atomic E-state index is 12.5. The van der Waals surface area contributed by atoms with Crippen LogP contribution in [0.15, 0.2) is 24.3 Å². The monoisotopic (exact) mass is 329 g/mol. The van der Waals surface area contributed by atoms with Crippen LogP contribution in [0.1, 0.15) is 30.5 Å². The van der Waals surface area contributed by atoms with Gasteiger partial charge in [-0.3, -0.25) is 4.21 Å². The second-order valence-corrected chi connectivity index (χ2v) is 9.62. The molecule has 0 aromatic heterocycles. The first kappa shape index (κ1) is 16.6. The van der Waals surface area contributed by atoms with E-state index in [0.29, 0.717) is 0 Å². The van der Waals surface area contributed by atoms with Gasteiger partial charge < -0.3 is 5.32 Å². The van der Waals surface area contributed by atoms with Crippen LogP contribution in [-0.4, -0.2) is 42.2 Å². The predicted octanol–water partition coefficient (Wildman–Crippen LogP) is 1.45. The van der Waals surface area contributed by atoms with Gasteiger partial charge in [0.15, 0.2) is 0 Å². The second-order valence-electron chi connectivity index (χ2n) is 5.59. The van der Waals surface area contributed by atoms with Gasteiger partial charge in [0.05, 0.1) is 11.0 Å². The summed E-state index contributed by atoms with van der Waals surface area (Å²) in [6.45, 7) is 2.97. The van der Waals surface area contributed by atoms with Crippen LogP contribution >= 0.6 is 0 Å². The summed E-state index contributed by atoms with van der Waals surface area (Å²) in [5.41, 5.74) is 2.44. The maximum atomic E-state index is 12.5. The van der Waals surface area contributed by atoms with E-state index in [2.05, 4.69) is 24.4 Å². The topological polar surface area (TPSA) is 63.2 Å². The number of sulfone groups is 1. The van der Waals surface area contributed by atoms with E-state index in [4.69, 9.17) is 0 Å². The van der Waals surface area contributed by atoms with Crippen molar-refractivity contribution in [3.05, 3.63) is 35.4 Å². The van der Waals surface area contributed by atoms with Crippen molar-refractivity contribution in [1.82, 2.24) is 5.32 Å². The summed E-state index contributed by atoms with van der Waals surface area (Å²) in [7, 11) is -4.21. The molecule has 1 aliphatic carbocycles. The molecule has 1 N–H and O–H groups in total. The Bertz CT molecular complexity index is 613. The Hall–Kier alpha value is -0.720. The summed E-state index contributed by atoms with van der Waals surface area (Å²) in [4.78, 5) is 0. The molecule has 118 valence electrons. The molecule has 0 saturated carbocycles. The Kier molecular flexibility index (Phi) is 5.57. The molecule has 3 atom stereocenters. The van der Waals surface area contributed by atoms with Gasteiger partial charge in [-0.25, -0.2) is 8.42 Å². The van der Waals surface area contributed by atoms with Crippen LogP contribution in [-0.2, 0) is 27.1 Å². The fraction of sp³-hybridized carbons (Fsp3) is 0.600. The van der Waals surface area contributed by atoms with Gasteiger partial charge in [-0.05, 0) is 30.5 Å². The Morgan fingerprint density at radius 3 is 2.71 bits per heavy atom. The molecule has 2 rings (SSSR count). The normalized spacial score (nSPS) is 23.0. The van der Waals surface area contributed by atoms with Crippen LogP contribution in [0, 0.1) is 0 Å². The molecule has 0 spiro atoms. The summed E-state index contributed by atoms with van der Waals surface area (Å²) < 4.78 is 35.1. The number of hydrogen-bond acceptors (Lipinski definition) is 4. The molecule has 3 unspecified atom stereocenters. The first-order chi connectivity index (χ1) is 9.92. The third-order valence-electron chi connectivity index (χ3n) is 3.79. The predicted molar refractivity (Wildman–Crippen MR) is 87.7 cm³/mol. The Morgan fingerprint density at radius 1 is 1.33 bits per heavy atom. The van der Waals surface area contributed by atoms with E-state index < -0.39 is 20.6 Å². The van der Waals surface area contributed by atoms with Crippen molar-refractivity contribution in [2.75, 3.05) is 24.3 Å². The Balaban J connectivity index is 2.13. The van der Waals surface area contributed by atoms with Crippen molar-refractivity contribution in [2.24, 2.45) is 0 Å². The van der Waals surface area contributed by atoms with Crippen LogP contribution in [0.4, 0.5) is 0 Å². The molecular formula is C15H23NO3S2. The van der Waals surface area contributed by atoms with Crippen molar-refractivity contribution in [3.63, 3.8) is 0 Å². The van der Waals surface area contributed by atoms with Gasteiger partial charge >= 0.3 is 0 Å². The van der Waals surface area contributed by atoms with Crippen molar-refractivity contribution in [1.29, 1.82) is 0 Å². The van der Waals surface area contributed by atoms with E-state index in [1.54, 1.807) is 0 Å². The van der Waals surface area contributed by atoms with Crippen LogP contribution in [0.2, 0.25) is 0 Å². The van der Waals surface area contributed by atoms with Crippen molar-refractivity contribution in [3.8, 4) is 0 Å². The molecule has 0 radical (unpaired) electrons. The lowest BCUT2D eigenvalue weighted by atomic mass is 10.1. The zero-order chi connectivity index (χ0) is 15.5. The third kappa shape index (κ3) is 4.37. The molecular weight excluding hydrogens is 306 g/mol. The SMILES string of the molecule is CCCNC1c2ccccc2CC1S(=O)CCS(C)(=O)=O. The lowest BCUT2D eigenvalue weighted by Gasteiger charge is -2.21.